The molecule has 0 radical (unpaired) electrons. The molecule has 86 valence electrons. The summed E-state index contributed by atoms with van der Waals surface area (Å²) in [6.07, 6.45) is 0. The minimum atomic E-state index is 0.684. The lowest BCUT2D eigenvalue weighted by molar-refractivity contribution is 0.0443. The summed E-state index contributed by atoms with van der Waals surface area (Å²) in [5, 5.41) is 0.684. The van der Waals surface area contributed by atoms with Gasteiger partial charge in [-0.05, 0) is 6.07 Å². The van der Waals surface area contributed by atoms with E-state index in [2.05, 4.69) is 29.4 Å². The summed E-state index contributed by atoms with van der Waals surface area (Å²) in [5.74, 6) is 6.26. The predicted octanol–water partition coefficient (Wildman–Crippen LogP) is 2.37. The fourth-order valence-corrected chi connectivity index (χ4v) is 2.73. The van der Waals surface area contributed by atoms with Crippen molar-refractivity contribution in [2.75, 3.05) is 32.8 Å². The molecule has 0 spiro atoms. The fraction of sp³-hybridized carbons (Fsp3) is 0.455. The van der Waals surface area contributed by atoms with Crippen molar-refractivity contribution in [1.82, 2.24) is 4.90 Å². The Labute approximate surface area is 110 Å². The Balaban J connectivity index is 1.89. The van der Waals surface area contributed by atoms with Gasteiger partial charge in [0.1, 0.15) is 0 Å². The van der Waals surface area contributed by atoms with Crippen molar-refractivity contribution in [1.29, 1.82) is 0 Å². The summed E-state index contributed by atoms with van der Waals surface area (Å²) < 4.78 is 6.10. The zero-order valence-electron chi connectivity index (χ0n) is 8.70. The van der Waals surface area contributed by atoms with Crippen LogP contribution >= 0.6 is 35.6 Å². The van der Waals surface area contributed by atoms with Gasteiger partial charge < -0.3 is 4.74 Å². The summed E-state index contributed by atoms with van der Waals surface area (Å²) in [5.41, 5.74) is 0. The lowest BCUT2D eigenvalue weighted by Gasteiger charge is -2.24. The van der Waals surface area contributed by atoms with E-state index in [-0.39, 0.29) is 0 Å². The maximum atomic E-state index is 5.90. The summed E-state index contributed by atoms with van der Waals surface area (Å²) >= 11 is 11.6. The van der Waals surface area contributed by atoms with E-state index in [0.717, 1.165) is 41.9 Å². The lowest BCUT2D eigenvalue weighted by Crippen LogP contribution is -2.36. The molecule has 0 N–H and O–H groups in total. The highest BCUT2D eigenvalue weighted by Gasteiger charge is 2.07. The number of rotatable bonds is 1. The highest BCUT2D eigenvalue weighted by atomic mass is 35.5. The third kappa shape index (κ3) is 3.41. The number of thiol groups is 1. The van der Waals surface area contributed by atoms with Crippen molar-refractivity contribution in [3.8, 4) is 11.8 Å². The molecule has 0 saturated carbocycles. The van der Waals surface area contributed by atoms with Gasteiger partial charge in [-0.2, -0.15) is 0 Å². The van der Waals surface area contributed by atoms with E-state index in [4.69, 9.17) is 16.3 Å². The van der Waals surface area contributed by atoms with Gasteiger partial charge in [0, 0.05) is 13.1 Å². The first-order chi connectivity index (χ1) is 7.75. The molecular weight excluding hydrogens is 262 g/mol. The van der Waals surface area contributed by atoms with Gasteiger partial charge in [-0.15, -0.1) is 24.0 Å². The zero-order valence-corrected chi connectivity index (χ0v) is 11.2. The van der Waals surface area contributed by atoms with Crippen LogP contribution in [-0.4, -0.2) is 37.7 Å². The largest absolute Gasteiger partial charge is 0.379 e. The second-order valence-electron chi connectivity index (χ2n) is 3.45. The van der Waals surface area contributed by atoms with Crippen LogP contribution in [0.5, 0.6) is 0 Å². The van der Waals surface area contributed by atoms with Crippen LogP contribution in [0.1, 0.15) is 4.88 Å². The van der Waals surface area contributed by atoms with Crippen molar-refractivity contribution in [3.63, 3.8) is 0 Å². The molecule has 1 aliphatic heterocycles. The van der Waals surface area contributed by atoms with Gasteiger partial charge in [0.05, 0.1) is 33.9 Å². The third-order valence-corrected chi connectivity index (χ3v) is 4.20. The second kappa shape index (κ2) is 5.95. The maximum Gasteiger partial charge on any atom is 0.0796 e. The number of nitrogens with zero attached hydrogens (tertiary/aromatic N) is 1. The number of hydrogen-bond acceptors (Lipinski definition) is 4. The Hall–Kier alpha value is -0.180. The summed E-state index contributed by atoms with van der Waals surface area (Å²) in [7, 11) is 0. The molecule has 1 fully saturated rings. The van der Waals surface area contributed by atoms with Crippen LogP contribution in [-0.2, 0) is 4.74 Å². The van der Waals surface area contributed by atoms with E-state index in [1.54, 1.807) is 0 Å². The molecule has 2 nitrogen and oxygen atoms in total. The average molecular weight is 274 g/mol. The fourth-order valence-electron chi connectivity index (χ4n) is 1.42. The molecule has 1 aromatic heterocycles. The van der Waals surface area contributed by atoms with Gasteiger partial charge in [-0.1, -0.05) is 23.4 Å². The molecule has 0 aliphatic carbocycles. The van der Waals surface area contributed by atoms with Crippen LogP contribution in [0.3, 0.4) is 0 Å². The molecular formula is C11H12ClNOS2. The van der Waals surface area contributed by atoms with Gasteiger partial charge in [0.2, 0.25) is 0 Å². The zero-order chi connectivity index (χ0) is 11.4. The SMILES string of the molecule is Sc1sc(C#CCN2CCOCC2)cc1Cl. The molecule has 1 aromatic rings. The molecule has 1 aliphatic rings. The predicted molar refractivity (Wildman–Crippen MR) is 70.7 cm³/mol. The smallest absolute Gasteiger partial charge is 0.0796 e. The number of morpholine rings is 1. The average Bonchev–Trinajstić information content (AvgIpc) is 2.60. The molecule has 5 heteroatoms. The standard InChI is InChI=1S/C11H12ClNOS2/c12-10-8-9(16-11(10)15)2-1-3-13-4-6-14-7-5-13/h8,15H,3-7H2. The normalized spacial score (nSPS) is 16.9. The Kier molecular flexibility index (Phi) is 4.56. The van der Waals surface area contributed by atoms with E-state index in [1.807, 2.05) is 6.07 Å². The quantitative estimate of drug-likeness (QED) is 0.623. The highest BCUT2D eigenvalue weighted by Crippen LogP contribution is 2.29. The molecule has 0 aromatic carbocycles. The van der Waals surface area contributed by atoms with Crippen molar-refractivity contribution in [2.24, 2.45) is 0 Å². The maximum absolute atomic E-state index is 5.90. The summed E-state index contributed by atoms with van der Waals surface area (Å²) in [4.78, 5) is 3.26. The molecule has 1 saturated heterocycles. The Morgan fingerprint density at radius 1 is 1.50 bits per heavy atom. The number of halogens is 1. The number of hydrogen-bond donors (Lipinski definition) is 1. The van der Waals surface area contributed by atoms with Crippen molar-refractivity contribution in [3.05, 3.63) is 16.0 Å². The van der Waals surface area contributed by atoms with E-state index in [1.165, 1.54) is 11.3 Å². The van der Waals surface area contributed by atoms with E-state index in [9.17, 15) is 0 Å². The van der Waals surface area contributed by atoms with Crippen LogP contribution in [0.2, 0.25) is 5.02 Å². The van der Waals surface area contributed by atoms with Crippen LogP contribution < -0.4 is 0 Å². The van der Waals surface area contributed by atoms with Gasteiger partial charge in [0.25, 0.3) is 0 Å². The second-order valence-corrected chi connectivity index (χ2v) is 5.66. The first kappa shape index (κ1) is 12.3. The van der Waals surface area contributed by atoms with E-state index in [0.29, 0.717) is 5.02 Å². The molecule has 0 bridgehead atoms. The van der Waals surface area contributed by atoms with Crippen molar-refractivity contribution < 1.29 is 4.74 Å². The first-order valence-electron chi connectivity index (χ1n) is 5.03. The Morgan fingerprint density at radius 2 is 2.25 bits per heavy atom. The van der Waals surface area contributed by atoms with Crippen molar-refractivity contribution >= 4 is 35.6 Å². The summed E-state index contributed by atoms with van der Waals surface area (Å²) in [6.45, 7) is 4.36. The van der Waals surface area contributed by atoms with E-state index >= 15 is 0 Å². The summed E-state index contributed by atoms with van der Waals surface area (Å²) in [6, 6.07) is 1.86. The minimum Gasteiger partial charge on any atom is -0.379 e. The molecule has 2 heterocycles. The molecule has 0 amide bonds. The molecule has 2 rings (SSSR count). The lowest BCUT2D eigenvalue weighted by atomic mass is 10.4. The molecule has 0 unspecified atom stereocenters. The van der Waals surface area contributed by atoms with Gasteiger partial charge >= 0.3 is 0 Å². The highest BCUT2D eigenvalue weighted by molar-refractivity contribution is 7.83. The minimum absolute atomic E-state index is 0.684. The molecule has 16 heavy (non-hydrogen) atoms. The third-order valence-electron chi connectivity index (χ3n) is 2.29. The van der Waals surface area contributed by atoms with Crippen LogP contribution in [0, 0.1) is 11.8 Å². The van der Waals surface area contributed by atoms with Crippen LogP contribution in [0.15, 0.2) is 10.3 Å². The van der Waals surface area contributed by atoms with Gasteiger partial charge in [0.15, 0.2) is 0 Å². The molecule has 0 atom stereocenters. The Bertz CT molecular complexity index is 396. The van der Waals surface area contributed by atoms with Crippen LogP contribution in [0.4, 0.5) is 0 Å². The van der Waals surface area contributed by atoms with Crippen LogP contribution in [0.25, 0.3) is 0 Å². The van der Waals surface area contributed by atoms with Crippen molar-refractivity contribution in [2.45, 2.75) is 4.21 Å². The Morgan fingerprint density at radius 3 is 2.88 bits per heavy atom. The number of thiophene rings is 1. The monoisotopic (exact) mass is 273 g/mol. The topological polar surface area (TPSA) is 12.5 Å². The van der Waals surface area contributed by atoms with E-state index < -0.39 is 0 Å². The number of ether oxygens (including phenoxy) is 1. The first-order valence-corrected chi connectivity index (χ1v) is 6.67. The van der Waals surface area contributed by atoms with Gasteiger partial charge in [-0.25, -0.2) is 0 Å². The van der Waals surface area contributed by atoms with Gasteiger partial charge in [-0.3, -0.25) is 4.90 Å².